The Kier molecular flexibility index (Phi) is 6.19. The number of nitrogens with one attached hydrogen (secondary N) is 1. The van der Waals surface area contributed by atoms with E-state index in [0.29, 0.717) is 0 Å². The first kappa shape index (κ1) is 17.6. The minimum absolute atomic E-state index is 0.736. The molecule has 0 fully saturated rings. The third-order valence-electron chi connectivity index (χ3n) is 3.37. The summed E-state index contributed by atoms with van der Waals surface area (Å²) in [6.07, 6.45) is 2.77. The zero-order chi connectivity index (χ0) is 17.5. The van der Waals surface area contributed by atoms with E-state index in [1.807, 2.05) is 53.9 Å². The van der Waals surface area contributed by atoms with Crippen LogP contribution in [0.25, 0.3) is 11.3 Å². The number of hydrogen-bond donors (Lipinski definition) is 1. The maximum atomic E-state index is 5.56. The van der Waals surface area contributed by atoms with Gasteiger partial charge in [0.05, 0.1) is 18.5 Å². The fraction of sp³-hybridized carbons (Fsp3) is 0.158. The monoisotopic (exact) mass is 415 g/mol. The van der Waals surface area contributed by atoms with Crippen molar-refractivity contribution in [3.63, 3.8) is 0 Å². The van der Waals surface area contributed by atoms with Crippen molar-refractivity contribution in [2.75, 3.05) is 12.0 Å². The normalized spacial score (nSPS) is 11.0. The van der Waals surface area contributed by atoms with Crippen molar-refractivity contribution in [3.8, 4) is 17.0 Å². The van der Waals surface area contributed by atoms with E-state index in [2.05, 4.69) is 38.4 Å². The Hall–Kier alpha value is -2.18. The number of hydrazone groups is 1. The maximum Gasteiger partial charge on any atom is 0.203 e. The molecule has 0 unspecified atom stereocenters. The fourth-order valence-electron chi connectivity index (χ4n) is 2.11. The summed E-state index contributed by atoms with van der Waals surface area (Å²) in [4.78, 5) is 4.55. The van der Waals surface area contributed by atoms with E-state index < -0.39 is 0 Å². The third-order valence-corrected chi connectivity index (χ3v) is 4.65. The molecule has 25 heavy (non-hydrogen) atoms. The van der Waals surface area contributed by atoms with Gasteiger partial charge in [-0.2, -0.15) is 5.10 Å². The van der Waals surface area contributed by atoms with Crippen LogP contribution in [0.3, 0.4) is 0 Å². The van der Waals surface area contributed by atoms with Gasteiger partial charge < -0.3 is 4.74 Å². The SMILES string of the molecule is CCCOc1ccc(/C=N\Nc2nc(-c3ccc(Br)cc3)cs2)cc1. The summed E-state index contributed by atoms with van der Waals surface area (Å²) < 4.78 is 6.62. The van der Waals surface area contributed by atoms with Gasteiger partial charge in [-0.15, -0.1) is 11.3 Å². The molecule has 0 bridgehead atoms. The number of aromatic nitrogens is 1. The van der Waals surface area contributed by atoms with E-state index in [-0.39, 0.29) is 0 Å². The van der Waals surface area contributed by atoms with Gasteiger partial charge in [-0.1, -0.05) is 35.0 Å². The van der Waals surface area contributed by atoms with Crippen LogP contribution in [-0.4, -0.2) is 17.8 Å². The van der Waals surface area contributed by atoms with E-state index in [1.54, 1.807) is 6.21 Å². The van der Waals surface area contributed by atoms with Crippen molar-refractivity contribution in [1.29, 1.82) is 0 Å². The summed E-state index contributed by atoms with van der Waals surface area (Å²) in [7, 11) is 0. The van der Waals surface area contributed by atoms with Gasteiger partial charge in [0.25, 0.3) is 0 Å². The molecule has 4 nitrogen and oxygen atoms in total. The summed E-state index contributed by atoms with van der Waals surface area (Å²) in [5.74, 6) is 0.881. The molecule has 3 aromatic rings. The van der Waals surface area contributed by atoms with Crippen LogP contribution in [0.4, 0.5) is 5.13 Å². The number of thiazole rings is 1. The van der Waals surface area contributed by atoms with E-state index in [1.165, 1.54) is 11.3 Å². The van der Waals surface area contributed by atoms with Gasteiger partial charge in [0.15, 0.2) is 0 Å². The fourth-order valence-corrected chi connectivity index (χ4v) is 3.04. The predicted octanol–water partition coefficient (Wildman–Crippen LogP) is 5.81. The quantitative estimate of drug-likeness (QED) is 0.391. The second-order valence-corrected chi connectivity index (χ2v) is 7.11. The summed E-state index contributed by atoms with van der Waals surface area (Å²) in [6.45, 7) is 2.83. The molecule has 0 radical (unpaired) electrons. The molecule has 1 heterocycles. The summed E-state index contributed by atoms with van der Waals surface area (Å²) in [6, 6.07) is 15.9. The van der Waals surface area contributed by atoms with Gasteiger partial charge in [0.2, 0.25) is 5.13 Å². The Bertz CT molecular complexity index is 829. The molecule has 6 heteroatoms. The topological polar surface area (TPSA) is 46.5 Å². The van der Waals surface area contributed by atoms with Crippen LogP contribution < -0.4 is 10.2 Å². The van der Waals surface area contributed by atoms with Crippen LogP contribution in [0, 0.1) is 0 Å². The van der Waals surface area contributed by atoms with Crippen LogP contribution in [-0.2, 0) is 0 Å². The van der Waals surface area contributed by atoms with Crippen molar-refractivity contribution in [2.24, 2.45) is 5.10 Å². The Morgan fingerprint density at radius 1 is 1.16 bits per heavy atom. The van der Waals surface area contributed by atoms with E-state index in [9.17, 15) is 0 Å². The van der Waals surface area contributed by atoms with Crippen molar-refractivity contribution in [1.82, 2.24) is 4.98 Å². The number of halogens is 1. The number of anilines is 1. The van der Waals surface area contributed by atoms with Crippen molar-refractivity contribution in [3.05, 3.63) is 63.9 Å². The molecule has 1 N–H and O–H groups in total. The van der Waals surface area contributed by atoms with Gasteiger partial charge in [0, 0.05) is 15.4 Å². The minimum Gasteiger partial charge on any atom is -0.494 e. The number of hydrogen-bond acceptors (Lipinski definition) is 5. The number of rotatable bonds is 7. The van der Waals surface area contributed by atoms with Crippen LogP contribution in [0.15, 0.2) is 63.5 Å². The molecule has 2 aromatic carbocycles. The maximum absolute atomic E-state index is 5.56. The second kappa shape index (κ2) is 8.78. The van der Waals surface area contributed by atoms with E-state index in [0.717, 1.165) is 45.2 Å². The molecule has 128 valence electrons. The highest BCUT2D eigenvalue weighted by Gasteiger charge is 2.03. The van der Waals surface area contributed by atoms with E-state index >= 15 is 0 Å². The first-order valence-electron chi connectivity index (χ1n) is 7.98. The van der Waals surface area contributed by atoms with Crippen molar-refractivity contribution < 1.29 is 4.74 Å². The molecule has 3 rings (SSSR count). The highest BCUT2D eigenvalue weighted by Crippen LogP contribution is 2.26. The molecule has 0 amide bonds. The lowest BCUT2D eigenvalue weighted by molar-refractivity contribution is 0.317. The average Bonchev–Trinajstić information content (AvgIpc) is 3.10. The molecule has 0 atom stereocenters. The Morgan fingerprint density at radius 2 is 1.92 bits per heavy atom. The first-order valence-corrected chi connectivity index (χ1v) is 9.65. The Balaban J connectivity index is 1.58. The Labute approximate surface area is 159 Å². The molecule has 0 saturated carbocycles. The Morgan fingerprint density at radius 3 is 2.64 bits per heavy atom. The zero-order valence-corrected chi connectivity index (χ0v) is 16.2. The summed E-state index contributed by atoms with van der Waals surface area (Å²) in [5, 5.41) is 7.03. The van der Waals surface area contributed by atoms with Crippen molar-refractivity contribution in [2.45, 2.75) is 13.3 Å². The van der Waals surface area contributed by atoms with Crippen molar-refractivity contribution >= 4 is 38.6 Å². The highest BCUT2D eigenvalue weighted by atomic mass is 79.9. The lowest BCUT2D eigenvalue weighted by atomic mass is 10.2. The number of benzene rings is 2. The zero-order valence-electron chi connectivity index (χ0n) is 13.8. The number of ether oxygens (including phenoxy) is 1. The van der Waals surface area contributed by atoms with E-state index in [4.69, 9.17) is 4.74 Å². The molecular weight excluding hydrogens is 398 g/mol. The summed E-state index contributed by atoms with van der Waals surface area (Å²) in [5.41, 5.74) is 6.00. The van der Waals surface area contributed by atoms with Crippen LogP contribution in [0.1, 0.15) is 18.9 Å². The van der Waals surface area contributed by atoms with Gasteiger partial charge >= 0.3 is 0 Å². The molecule has 0 spiro atoms. The van der Waals surface area contributed by atoms with Gasteiger partial charge in [-0.25, -0.2) is 4.98 Å². The number of nitrogens with zero attached hydrogens (tertiary/aromatic N) is 2. The molecule has 1 aromatic heterocycles. The lowest BCUT2D eigenvalue weighted by Gasteiger charge is -2.03. The van der Waals surface area contributed by atoms with Gasteiger partial charge in [-0.05, 0) is 48.4 Å². The average molecular weight is 416 g/mol. The van der Waals surface area contributed by atoms with Crippen LogP contribution in [0.2, 0.25) is 0 Å². The summed E-state index contributed by atoms with van der Waals surface area (Å²) >= 11 is 4.97. The third kappa shape index (κ3) is 5.14. The molecule has 0 aliphatic heterocycles. The molecule has 0 aliphatic rings. The predicted molar refractivity (Wildman–Crippen MR) is 109 cm³/mol. The minimum atomic E-state index is 0.736. The van der Waals surface area contributed by atoms with Gasteiger partial charge in [-0.3, -0.25) is 5.43 Å². The largest absolute Gasteiger partial charge is 0.494 e. The lowest BCUT2D eigenvalue weighted by Crippen LogP contribution is -1.95. The van der Waals surface area contributed by atoms with Crippen LogP contribution in [0.5, 0.6) is 5.75 Å². The first-order chi connectivity index (χ1) is 12.2. The highest BCUT2D eigenvalue weighted by molar-refractivity contribution is 9.10. The second-order valence-electron chi connectivity index (χ2n) is 5.33. The molecule has 0 saturated heterocycles. The van der Waals surface area contributed by atoms with Crippen LogP contribution >= 0.6 is 27.3 Å². The molecular formula is C19H18BrN3OS. The smallest absolute Gasteiger partial charge is 0.203 e. The standard InChI is InChI=1S/C19H18BrN3OS/c1-2-11-24-17-9-3-14(4-10-17)12-21-23-19-22-18(13-25-19)15-5-7-16(20)8-6-15/h3-10,12-13H,2,11H2,1H3,(H,22,23)/b21-12-. The molecule has 0 aliphatic carbocycles. The van der Waals surface area contributed by atoms with Gasteiger partial charge in [0.1, 0.15) is 5.75 Å².